The summed E-state index contributed by atoms with van der Waals surface area (Å²) in [5.74, 6) is 0. The van der Waals surface area contributed by atoms with Gasteiger partial charge in [-0.15, -0.1) is 0 Å². The van der Waals surface area contributed by atoms with Crippen LogP contribution in [-0.2, 0) is 32.5 Å². The number of hydrogen-bond acceptors (Lipinski definition) is 4. The average molecular weight is 1010 g/mol. The average Bonchev–Trinajstić information content (AvgIpc) is 3.95. The molecule has 388 valence electrons. The van der Waals surface area contributed by atoms with Gasteiger partial charge in [0.1, 0.15) is 11.2 Å². The van der Waals surface area contributed by atoms with Crippen molar-refractivity contribution in [2.24, 2.45) is 0 Å². The Morgan fingerprint density at radius 3 is 1.45 bits per heavy atom. The Balaban J connectivity index is 1.14. The van der Waals surface area contributed by atoms with Crippen molar-refractivity contribution in [2.75, 3.05) is 14.7 Å². The summed E-state index contributed by atoms with van der Waals surface area (Å²) in [5.41, 5.74) is 24.9. The fourth-order valence-corrected chi connectivity index (χ4v) is 13.9. The lowest BCUT2D eigenvalue weighted by Crippen LogP contribution is -2.62. The van der Waals surface area contributed by atoms with E-state index in [1.165, 1.54) is 84.6 Å². The topological polar surface area (TPSA) is 22.9 Å². The zero-order chi connectivity index (χ0) is 53.9. The number of furan rings is 1. The monoisotopic (exact) mass is 1010 g/mol. The first-order valence-electron chi connectivity index (χ1n) is 28.5. The molecule has 4 aliphatic rings. The smallest absolute Gasteiger partial charge is 0.252 e. The van der Waals surface area contributed by atoms with Crippen LogP contribution in [-0.4, -0.2) is 6.71 Å². The van der Waals surface area contributed by atoms with Crippen LogP contribution in [0.3, 0.4) is 0 Å². The third-order valence-electron chi connectivity index (χ3n) is 18.9. The summed E-state index contributed by atoms with van der Waals surface area (Å²) in [7, 11) is 0. The molecule has 9 aromatic rings. The molecule has 1 aromatic heterocycles. The van der Waals surface area contributed by atoms with Crippen molar-refractivity contribution >= 4 is 96.2 Å². The van der Waals surface area contributed by atoms with Crippen LogP contribution in [0.15, 0.2) is 162 Å². The molecule has 2 aliphatic heterocycles. The molecule has 0 radical (unpaired) electrons. The second-order valence-corrected chi connectivity index (χ2v) is 28.0. The molecule has 0 N–H and O–H groups in total. The van der Waals surface area contributed by atoms with E-state index in [9.17, 15) is 0 Å². The van der Waals surface area contributed by atoms with E-state index < -0.39 is 0 Å². The quantitative estimate of drug-likeness (QED) is 0.160. The van der Waals surface area contributed by atoms with E-state index >= 15 is 0 Å². The van der Waals surface area contributed by atoms with Gasteiger partial charge in [0.2, 0.25) is 0 Å². The number of anilines is 9. The summed E-state index contributed by atoms with van der Waals surface area (Å²) < 4.78 is 6.97. The Labute approximate surface area is 459 Å². The van der Waals surface area contributed by atoms with Gasteiger partial charge in [0.15, 0.2) is 0 Å². The first-order chi connectivity index (χ1) is 36.4. The minimum atomic E-state index is -0.171. The molecule has 5 heteroatoms. The lowest BCUT2D eigenvalue weighted by molar-refractivity contribution is 0.332. The Bertz CT molecular complexity index is 3820. The van der Waals surface area contributed by atoms with Crippen molar-refractivity contribution in [3.63, 3.8) is 0 Å². The Morgan fingerprint density at radius 2 is 0.883 bits per heavy atom. The van der Waals surface area contributed by atoms with Gasteiger partial charge >= 0.3 is 0 Å². The third-order valence-corrected chi connectivity index (χ3v) is 18.9. The molecule has 0 unspecified atom stereocenters. The highest BCUT2D eigenvalue weighted by atomic mass is 16.3. The van der Waals surface area contributed by atoms with Gasteiger partial charge in [0.05, 0.1) is 0 Å². The summed E-state index contributed by atoms with van der Waals surface area (Å²) in [6.45, 7) is 33.7. The van der Waals surface area contributed by atoms with Crippen LogP contribution in [0.25, 0.3) is 21.9 Å². The van der Waals surface area contributed by atoms with Gasteiger partial charge in [0, 0.05) is 68.0 Å². The van der Waals surface area contributed by atoms with Crippen molar-refractivity contribution in [2.45, 2.75) is 155 Å². The molecule has 3 heterocycles. The van der Waals surface area contributed by atoms with Crippen LogP contribution in [0.2, 0.25) is 0 Å². The molecule has 2 aliphatic carbocycles. The van der Waals surface area contributed by atoms with Crippen LogP contribution >= 0.6 is 0 Å². The molecular weight excluding hydrogens is 934 g/mol. The van der Waals surface area contributed by atoms with Gasteiger partial charge in [-0.25, -0.2) is 0 Å². The van der Waals surface area contributed by atoms with E-state index in [1.54, 1.807) is 0 Å². The van der Waals surface area contributed by atoms with Crippen molar-refractivity contribution < 1.29 is 4.42 Å². The fraction of sp³-hybridized carbons (Fsp3) is 0.333. The Hall–Kier alpha value is -6.98. The van der Waals surface area contributed by atoms with Crippen molar-refractivity contribution in [3.8, 4) is 0 Å². The molecule has 13 rings (SSSR count). The van der Waals surface area contributed by atoms with E-state index in [4.69, 9.17) is 4.42 Å². The minimum Gasteiger partial charge on any atom is -0.456 e. The maximum absolute atomic E-state index is 6.97. The number of benzene rings is 8. The summed E-state index contributed by atoms with van der Waals surface area (Å²) in [4.78, 5) is 7.71. The molecule has 0 saturated carbocycles. The second kappa shape index (κ2) is 16.8. The van der Waals surface area contributed by atoms with Crippen LogP contribution in [0.1, 0.15) is 156 Å². The Kier molecular flexibility index (Phi) is 10.8. The van der Waals surface area contributed by atoms with Gasteiger partial charge in [-0.1, -0.05) is 164 Å². The normalized spacial score (nSPS) is 17.6. The number of hydrogen-bond donors (Lipinski definition) is 0. The molecular formula is C72H76BN3O. The SMILES string of the molecule is CC(C)(C)c1cc2c3c(c1)N(c1ccc4c(c1)C(C)(C)CCC4(C)C)c1cc4c(cc1B3c1ccc(N(c3ccccc3)c3ccccc3)cc1N2c1ccc2c(c1)oc1cc(C(C)(C)C)ccc12)C(C)(C)CCC4(C)C. The zero-order valence-electron chi connectivity index (χ0n) is 48.2. The van der Waals surface area contributed by atoms with Crippen LogP contribution < -0.4 is 31.1 Å². The summed E-state index contributed by atoms with van der Waals surface area (Å²) in [6.07, 6.45) is 4.65. The van der Waals surface area contributed by atoms with Gasteiger partial charge in [-0.3, -0.25) is 0 Å². The number of rotatable bonds is 5. The standard InChI is InChI=1S/C72H76BN3O/c1-67(2,3)45-25-29-52-53-30-26-51(42-65(53)77-64(52)39-45)76-60-41-50(74(47-21-17-15-18-22-47)48-23-19-16-20-24-48)28-32-58(60)73-59-43-56-57(72(13,14)36-35-71(56,11)12)44-61(59)75(62-37-46(68(4,5)6)38-63(76)66(62)73)49-27-31-54-55(40-49)70(9,10)34-33-69(54,7)8/h15-32,37-44H,33-36H2,1-14H3. The lowest BCUT2D eigenvalue weighted by Gasteiger charge is -2.48. The fourth-order valence-electron chi connectivity index (χ4n) is 13.9. The minimum absolute atomic E-state index is 0.00170. The van der Waals surface area contributed by atoms with Crippen molar-refractivity contribution in [3.05, 3.63) is 191 Å². The van der Waals surface area contributed by atoms with Crippen LogP contribution in [0.5, 0.6) is 0 Å². The number of fused-ring (bicyclic) bond motifs is 9. The molecule has 0 bridgehead atoms. The first kappa shape index (κ1) is 49.6. The van der Waals surface area contributed by atoms with Gasteiger partial charge in [0.25, 0.3) is 6.71 Å². The molecule has 0 atom stereocenters. The molecule has 77 heavy (non-hydrogen) atoms. The predicted molar refractivity (Wildman–Crippen MR) is 330 cm³/mol. The largest absolute Gasteiger partial charge is 0.456 e. The molecule has 0 saturated heterocycles. The highest BCUT2D eigenvalue weighted by molar-refractivity contribution is 7.00. The molecule has 8 aromatic carbocycles. The van der Waals surface area contributed by atoms with Gasteiger partial charge in [-0.2, -0.15) is 0 Å². The van der Waals surface area contributed by atoms with Crippen molar-refractivity contribution in [1.29, 1.82) is 0 Å². The maximum atomic E-state index is 6.97. The second-order valence-electron chi connectivity index (χ2n) is 28.0. The third kappa shape index (κ3) is 7.83. The number of nitrogens with zero attached hydrogens (tertiary/aromatic N) is 3. The first-order valence-corrected chi connectivity index (χ1v) is 28.5. The summed E-state index contributed by atoms with van der Waals surface area (Å²) in [6, 6.07) is 60.8. The summed E-state index contributed by atoms with van der Waals surface area (Å²) in [5, 5.41) is 2.28. The molecule has 4 nitrogen and oxygen atoms in total. The molecule has 0 amide bonds. The maximum Gasteiger partial charge on any atom is 0.252 e. The van der Waals surface area contributed by atoms with Gasteiger partial charge in [-0.05, 0) is 193 Å². The van der Waals surface area contributed by atoms with E-state index in [-0.39, 0.29) is 39.2 Å². The van der Waals surface area contributed by atoms with Crippen molar-refractivity contribution in [1.82, 2.24) is 0 Å². The van der Waals surface area contributed by atoms with E-state index in [0.717, 1.165) is 64.0 Å². The van der Waals surface area contributed by atoms with E-state index in [0.29, 0.717) is 0 Å². The summed E-state index contributed by atoms with van der Waals surface area (Å²) >= 11 is 0. The number of para-hydroxylation sites is 2. The Morgan fingerprint density at radius 1 is 0.403 bits per heavy atom. The van der Waals surface area contributed by atoms with E-state index in [2.05, 4.69) is 269 Å². The zero-order valence-corrected chi connectivity index (χ0v) is 48.2. The molecule has 0 spiro atoms. The highest BCUT2D eigenvalue weighted by Crippen LogP contribution is 2.54. The van der Waals surface area contributed by atoms with Crippen LogP contribution in [0, 0.1) is 0 Å². The van der Waals surface area contributed by atoms with Gasteiger partial charge < -0.3 is 19.1 Å². The highest BCUT2D eigenvalue weighted by Gasteiger charge is 2.48. The van der Waals surface area contributed by atoms with E-state index in [1.807, 2.05) is 0 Å². The van der Waals surface area contributed by atoms with Crippen LogP contribution in [0.4, 0.5) is 51.2 Å². The molecule has 0 fully saturated rings. The lowest BCUT2D eigenvalue weighted by atomic mass is 9.33. The predicted octanol–water partition coefficient (Wildman–Crippen LogP) is 18.4.